The van der Waals surface area contributed by atoms with Gasteiger partial charge in [0.15, 0.2) is 0 Å². The first-order chi connectivity index (χ1) is 9.50. The molecule has 0 saturated heterocycles. The molecule has 0 spiro atoms. The Morgan fingerprint density at radius 2 is 1.95 bits per heavy atom. The fraction of sp³-hybridized carbons (Fsp3) is 0.231. The predicted molar refractivity (Wildman–Crippen MR) is 86.9 cm³/mol. The summed E-state index contributed by atoms with van der Waals surface area (Å²) in [6, 6.07) is 11.6. The minimum Gasteiger partial charge on any atom is -0.373 e. The van der Waals surface area contributed by atoms with Crippen molar-refractivity contribution in [1.29, 1.82) is 0 Å². The molecule has 0 atom stereocenters. The Balaban J connectivity index is 1.92. The van der Waals surface area contributed by atoms with Gasteiger partial charge in [-0.25, -0.2) is 13.1 Å². The molecule has 20 heavy (non-hydrogen) atoms. The Hall–Kier alpha value is -0.890. The lowest BCUT2D eigenvalue weighted by Gasteiger charge is -2.19. The molecule has 0 amide bonds. The number of anilines is 1. The van der Waals surface area contributed by atoms with Gasteiger partial charge < -0.3 is 4.90 Å². The number of rotatable bonds is 6. The zero-order valence-electron chi connectivity index (χ0n) is 10.9. The highest BCUT2D eigenvalue weighted by molar-refractivity contribution is 9.10. The van der Waals surface area contributed by atoms with Crippen LogP contribution < -0.4 is 9.62 Å². The van der Waals surface area contributed by atoms with Crippen LogP contribution >= 0.6 is 27.3 Å². The van der Waals surface area contributed by atoms with Crippen LogP contribution in [-0.2, 0) is 10.0 Å². The molecule has 4 nitrogen and oxygen atoms in total. The highest BCUT2D eigenvalue weighted by Gasteiger charge is 2.18. The Morgan fingerprint density at radius 3 is 2.55 bits per heavy atom. The van der Waals surface area contributed by atoms with E-state index in [1.165, 1.54) is 11.3 Å². The van der Waals surface area contributed by atoms with E-state index in [0.717, 1.165) is 5.69 Å². The largest absolute Gasteiger partial charge is 0.373 e. The van der Waals surface area contributed by atoms with E-state index in [1.54, 1.807) is 11.4 Å². The number of halogens is 1. The molecule has 0 aliphatic carbocycles. The number of hydrogen-bond acceptors (Lipinski definition) is 4. The van der Waals surface area contributed by atoms with E-state index in [9.17, 15) is 8.42 Å². The van der Waals surface area contributed by atoms with Crippen LogP contribution in [0.4, 0.5) is 5.69 Å². The molecule has 0 bridgehead atoms. The van der Waals surface area contributed by atoms with E-state index in [4.69, 9.17) is 0 Å². The summed E-state index contributed by atoms with van der Waals surface area (Å²) in [6.45, 7) is 0.963. The van der Waals surface area contributed by atoms with Crippen LogP contribution in [0.3, 0.4) is 0 Å². The average molecular weight is 375 g/mol. The molecule has 0 saturated carbocycles. The Labute approximate surface area is 131 Å². The van der Waals surface area contributed by atoms with Gasteiger partial charge >= 0.3 is 0 Å². The summed E-state index contributed by atoms with van der Waals surface area (Å²) in [4.78, 5) is 2.01. The first kappa shape index (κ1) is 15.5. The van der Waals surface area contributed by atoms with E-state index in [0.29, 0.717) is 21.8 Å². The van der Waals surface area contributed by atoms with Gasteiger partial charge in [-0.2, -0.15) is 0 Å². The number of benzene rings is 1. The fourth-order valence-electron chi connectivity index (χ4n) is 1.70. The summed E-state index contributed by atoms with van der Waals surface area (Å²) < 4.78 is 27.7. The van der Waals surface area contributed by atoms with E-state index >= 15 is 0 Å². The molecular formula is C13H15BrN2O2S2. The summed E-state index contributed by atoms with van der Waals surface area (Å²) >= 11 is 4.44. The van der Waals surface area contributed by atoms with Crippen molar-refractivity contribution in [3.05, 3.63) is 46.3 Å². The Kier molecular flexibility index (Phi) is 5.20. The average Bonchev–Trinajstić information content (AvgIpc) is 2.86. The van der Waals surface area contributed by atoms with Crippen molar-refractivity contribution in [2.45, 2.75) is 4.21 Å². The molecule has 1 heterocycles. The lowest BCUT2D eigenvalue weighted by molar-refractivity contribution is 0.583. The van der Waals surface area contributed by atoms with E-state index in [1.807, 2.05) is 42.3 Å². The van der Waals surface area contributed by atoms with Crippen LogP contribution in [-0.4, -0.2) is 28.6 Å². The summed E-state index contributed by atoms with van der Waals surface area (Å²) in [7, 11) is -1.50. The number of nitrogens with zero attached hydrogens (tertiary/aromatic N) is 1. The third-order valence-corrected chi connectivity index (χ3v) is 6.90. The van der Waals surface area contributed by atoms with Crippen LogP contribution in [0.2, 0.25) is 0 Å². The maximum absolute atomic E-state index is 12.1. The van der Waals surface area contributed by atoms with Crippen molar-refractivity contribution < 1.29 is 8.42 Å². The van der Waals surface area contributed by atoms with Gasteiger partial charge in [0.2, 0.25) is 0 Å². The second-order valence-corrected chi connectivity index (χ2v) is 7.94. The molecule has 0 aliphatic heterocycles. The lowest BCUT2D eigenvalue weighted by Crippen LogP contribution is -2.32. The summed E-state index contributed by atoms with van der Waals surface area (Å²) in [5.41, 5.74) is 1.06. The van der Waals surface area contributed by atoms with Gasteiger partial charge in [-0.05, 0) is 39.5 Å². The minimum absolute atomic E-state index is 0.319. The predicted octanol–water partition coefficient (Wildman–Crippen LogP) is 2.93. The Bertz CT molecular complexity index is 656. The van der Waals surface area contributed by atoms with Crippen molar-refractivity contribution in [2.24, 2.45) is 0 Å². The molecule has 1 aromatic heterocycles. The topological polar surface area (TPSA) is 49.4 Å². The van der Waals surface area contributed by atoms with Crippen molar-refractivity contribution in [2.75, 3.05) is 25.0 Å². The molecule has 2 aromatic rings. The minimum atomic E-state index is -3.43. The van der Waals surface area contributed by atoms with Crippen molar-refractivity contribution in [3.63, 3.8) is 0 Å². The van der Waals surface area contributed by atoms with Crippen LogP contribution in [0.1, 0.15) is 0 Å². The molecule has 1 N–H and O–H groups in total. The van der Waals surface area contributed by atoms with Crippen LogP contribution in [0.15, 0.2) is 50.5 Å². The van der Waals surface area contributed by atoms with Gasteiger partial charge in [-0.15, -0.1) is 11.3 Å². The van der Waals surface area contributed by atoms with Crippen molar-refractivity contribution >= 4 is 43.0 Å². The van der Waals surface area contributed by atoms with Crippen LogP contribution in [0.5, 0.6) is 0 Å². The van der Waals surface area contributed by atoms with Crippen molar-refractivity contribution in [1.82, 2.24) is 4.72 Å². The number of likely N-dealkylation sites (N-methyl/N-ethyl adjacent to an activating group) is 1. The monoisotopic (exact) mass is 374 g/mol. The zero-order chi connectivity index (χ0) is 14.6. The SMILES string of the molecule is CN(CCNS(=O)(=O)c1sccc1Br)c1ccccc1. The van der Waals surface area contributed by atoms with Crippen LogP contribution in [0.25, 0.3) is 0 Å². The molecule has 1 aromatic carbocycles. The quantitative estimate of drug-likeness (QED) is 0.845. The third-order valence-electron chi connectivity index (χ3n) is 2.76. The van der Waals surface area contributed by atoms with E-state index in [2.05, 4.69) is 20.7 Å². The fourth-order valence-corrected chi connectivity index (χ4v) is 5.10. The van der Waals surface area contributed by atoms with Crippen molar-refractivity contribution in [3.8, 4) is 0 Å². The van der Waals surface area contributed by atoms with Gasteiger partial charge in [0, 0.05) is 30.3 Å². The molecule has 108 valence electrons. The zero-order valence-corrected chi connectivity index (χ0v) is 14.1. The first-order valence-corrected chi connectivity index (χ1v) is 9.15. The highest BCUT2D eigenvalue weighted by atomic mass is 79.9. The number of para-hydroxylation sites is 1. The Morgan fingerprint density at radius 1 is 1.25 bits per heavy atom. The maximum Gasteiger partial charge on any atom is 0.251 e. The standard InChI is InChI=1S/C13H15BrN2O2S2/c1-16(11-5-3-2-4-6-11)9-8-15-20(17,18)13-12(14)7-10-19-13/h2-7,10,15H,8-9H2,1H3. The molecule has 7 heteroatoms. The number of sulfonamides is 1. The number of hydrogen-bond donors (Lipinski definition) is 1. The first-order valence-electron chi connectivity index (χ1n) is 5.99. The summed E-state index contributed by atoms with van der Waals surface area (Å²) in [6.07, 6.45) is 0. The van der Waals surface area contributed by atoms with Gasteiger partial charge in [0.05, 0.1) is 0 Å². The molecule has 0 unspecified atom stereocenters. The van der Waals surface area contributed by atoms with Gasteiger partial charge in [-0.3, -0.25) is 0 Å². The summed E-state index contributed by atoms with van der Waals surface area (Å²) in [5, 5.41) is 1.74. The van der Waals surface area contributed by atoms with Gasteiger partial charge in [0.1, 0.15) is 4.21 Å². The molecule has 0 radical (unpaired) electrons. The third kappa shape index (κ3) is 3.82. The highest BCUT2D eigenvalue weighted by Crippen LogP contribution is 2.27. The maximum atomic E-state index is 12.1. The molecule has 0 aliphatic rings. The second kappa shape index (κ2) is 6.71. The van der Waals surface area contributed by atoms with E-state index in [-0.39, 0.29) is 0 Å². The normalized spacial score (nSPS) is 11.5. The van der Waals surface area contributed by atoms with Crippen LogP contribution in [0, 0.1) is 0 Å². The smallest absolute Gasteiger partial charge is 0.251 e. The van der Waals surface area contributed by atoms with Gasteiger partial charge in [0.25, 0.3) is 10.0 Å². The molecule has 2 rings (SSSR count). The second-order valence-electron chi connectivity index (χ2n) is 4.21. The lowest BCUT2D eigenvalue weighted by atomic mass is 10.3. The number of nitrogens with one attached hydrogen (secondary N) is 1. The molecule has 0 fully saturated rings. The van der Waals surface area contributed by atoms with E-state index < -0.39 is 10.0 Å². The molecular weight excluding hydrogens is 360 g/mol. The van der Waals surface area contributed by atoms with Gasteiger partial charge in [-0.1, -0.05) is 18.2 Å². The number of thiophene rings is 1. The summed E-state index contributed by atoms with van der Waals surface area (Å²) in [5.74, 6) is 0.